The lowest BCUT2D eigenvalue weighted by Gasteiger charge is -2.31. The van der Waals surface area contributed by atoms with E-state index in [1.54, 1.807) is 12.1 Å². The van der Waals surface area contributed by atoms with E-state index < -0.39 is 16.7 Å². The first-order valence-electron chi connectivity index (χ1n) is 8.83. The minimum Gasteiger partial charge on any atom is -0.480 e. The lowest BCUT2D eigenvalue weighted by atomic mass is 9.76. The zero-order chi connectivity index (χ0) is 19.1. The van der Waals surface area contributed by atoms with Crippen LogP contribution in [-0.2, 0) is 41.3 Å². The Morgan fingerprint density at radius 2 is 1.96 bits per heavy atom. The summed E-state index contributed by atoms with van der Waals surface area (Å²) in [6.07, 6.45) is 3.30. The molecule has 0 saturated heterocycles. The molecule has 5 nitrogen and oxygen atoms in total. The zero-order valence-corrected chi connectivity index (χ0v) is 16.3. The van der Waals surface area contributed by atoms with E-state index in [9.17, 15) is 18.3 Å². The van der Waals surface area contributed by atoms with E-state index in [0.717, 1.165) is 41.8 Å². The second-order valence-electron chi connectivity index (χ2n) is 7.87. The molecule has 0 bridgehead atoms. The fourth-order valence-corrected chi connectivity index (χ4v) is 4.63. The van der Waals surface area contributed by atoms with Crippen LogP contribution < -0.4 is 0 Å². The summed E-state index contributed by atoms with van der Waals surface area (Å²) in [7, 11) is -2.66. The van der Waals surface area contributed by atoms with Crippen LogP contribution in [-0.4, -0.2) is 24.1 Å². The number of nitrogens with zero attached hydrogens (tertiary/aromatic N) is 1. The van der Waals surface area contributed by atoms with E-state index in [1.807, 2.05) is 23.6 Å². The summed E-state index contributed by atoms with van der Waals surface area (Å²) < 4.78 is 25.1. The maximum Gasteiger partial charge on any atom is 0.323 e. The standard InChI is InChI=1S/C20H25NO4S/c1-13-16(10-14-6-4-5-7-18(14)26(24)25)15-8-9-20(2,3)11-17(15)21(13)12-19(22)23/h4-7,26H,8-12H2,1-3H3,(H,22,23). The minimum atomic E-state index is -2.66. The molecule has 0 saturated carbocycles. The highest BCUT2D eigenvalue weighted by atomic mass is 32.2. The Kier molecular flexibility index (Phi) is 4.97. The fourth-order valence-electron chi connectivity index (χ4n) is 4.04. The molecular formula is C20H25NO4S. The summed E-state index contributed by atoms with van der Waals surface area (Å²) in [5.41, 5.74) is 5.24. The maximum absolute atomic E-state index is 11.6. The molecule has 0 unspecified atom stereocenters. The Morgan fingerprint density at radius 1 is 1.27 bits per heavy atom. The highest BCUT2D eigenvalue weighted by molar-refractivity contribution is 7.72. The van der Waals surface area contributed by atoms with E-state index in [2.05, 4.69) is 13.8 Å². The number of carboxylic acids is 1. The van der Waals surface area contributed by atoms with Crippen molar-refractivity contribution in [3.8, 4) is 0 Å². The molecule has 1 aliphatic carbocycles. The SMILES string of the molecule is Cc1c(Cc2ccccc2[SH](=O)=O)c2c(n1CC(=O)O)CC(C)(C)CC2. The predicted molar refractivity (Wildman–Crippen MR) is 100 cm³/mol. The second kappa shape index (κ2) is 6.91. The topological polar surface area (TPSA) is 76.4 Å². The van der Waals surface area contributed by atoms with Crippen molar-refractivity contribution in [2.45, 2.75) is 57.9 Å². The number of aromatic nitrogens is 1. The normalized spacial score (nSPS) is 15.8. The average molecular weight is 375 g/mol. The molecule has 0 amide bonds. The van der Waals surface area contributed by atoms with Crippen molar-refractivity contribution in [3.63, 3.8) is 0 Å². The third-order valence-electron chi connectivity index (χ3n) is 5.43. The Labute approximate surface area is 155 Å². The molecule has 0 fully saturated rings. The smallest absolute Gasteiger partial charge is 0.323 e. The van der Waals surface area contributed by atoms with Crippen LogP contribution in [0.25, 0.3) is 0 Å². The molecule has 6 heteroatoms. The van der Waals surface area contributed by atoms with Crippen molar-refractivity contribution in [1.29, 1.82) is 0 Å². The number of fused-ring (bicyclic) bond motifs is 1. The predicted octanol–water partition coefficient (Wildman–Crippen LogP) is 2.96. The molecule has 1 aromatic carbocycles. The molecule has 0 radical (unpaired) electrons. The lowest BCUT2D eigenvalue weighted by Crippen LogP contribution is -2.25. The summed E-state index contributed by atoms with van der Waals surface area (Å²) in [6, 6.07) is 7.04. The van der Waals surface area contributed by atoms with Crippen LogP contribution >= 0.6 is 0 Å². The van der Waals surface area contributed by atoms with Crippen molar-refractivity contribution in [1.82, 2.24) is 4.57 Å². The van der Waals surface area contributed by atoms with Crippen molar-refractivity contribution in [2.75, 3.05) is 0 Å². The van der Waals surface area contributed by atoms with Gasteiger partial charge in [0.15, 0.2) is 10.7 Å². The molecule has 3 rings (SSSR count). The third kappa shape index (κ3) is 3.56. The van der Waals surface area contributed by atoms with Gasteiger partial charge in [0, 0.05) is 17.8 Å². The molecule has 0 aliphatic heterocycles. The van der Waals surface area contributed by atoms with Gasteiger partial charge in [-0.2, -0.15) is 0 Å². The number of hydrogen-bond acceptors (Lipinski definition) is 3. The minimum absolute atomic E-state index is 0.0539. The van der Waals surface area contributed by atoms with Crippen LogP contribution in [0.15, 0.2) is 29.2 Å². The van der Waals surface area contributed by atoms with Gasteiger partial charge in [-0.25, -0.2) is 8.42 Å². The van der Waals surface area contributed by atoms with Crippen molar-refractivity contribution >= 4 is 16.7 Å². The van der Waals surface area contributed by atoms with Gasteiger partial charge in [-0.15, -0.1) is 0 Å². The van der Waals surface area contributed by atoms with Crippen molar-refractivity contribution in [3.05, 3.63) is 52.3 Å². The lowest BCUT2D eigenvalue weighted by molar-refractivity contribution is -0.137. The van der Waals surface area contributed by atoms with Crippen molar-refractivity contribution < 1.29 is 18.3 Å². The first-order valence-corrected chi connectivity index (χ1v) is 10.0. The van der Waals surface area contributed by atoms with Gasteiger partial charge in [0.05, 0.1) is 4.90 Å². The highest BCUT2D eigenvalue weighted by Gasteiger charge is 2.32. The summed E-state index contributed by atoms with van der Waals surface area (Å²) in [5, 5.41) is 9.34. The summed E-state index contributed by atoms with van der Waals surface area (Å²) >= 11 is 0. The Balaban J connectivity index is 2.11. The molecule has 0 atom stereocenters. The highest BCUT2D eigenvalue weighted by Crippen LogP contribution is 2.39. The van der Waals surface area contributed by atoms with Crippen LogP contribution in [0.2, 0.25) is 0 Å². The van der Waals surface area contributed by atoms with Gasteiger partial charge in [0.25, 0.3) is 0 Å². The molecular weight excluding hydrogens is 350 g/mol. The maximum atomic E-state index is 11.6. The van der Waals surface area contributed by atoms with E-state index in [4.69, 9.17) is 0 Å². The largest absolute Gasteiger partial charge is 0.480 e. The molecule has 140 valence electrons. The first kappa shape index (κ1) is 18.7. The number of hydrogen-bond donors (Lipinski definition) is 2. The summed E-state index contributed by atoms with van der Waals surface area (Å²) in [5.74, 6) is -0.858. The Hall–Kier alpha value is -2.08. The van der Waals surface area contributed by atoms with Gasteiger partial charge >= 0.3 is 5.97 Å². The molecule has 1 heterocycles. The fraction of sp³-hybridized carbons (Fsp3) is 0.450. The van der Waals surface area contributed by atoms with Gasteiger partial charge < -0.3 is 9.67 Å². The molecule has 1 aromatic heterocycles. The number of thiol groups is 1. The van der Waals surface area contributed by atoms with E-state index in [-0.39, 0.29) is 12.0 Å². The molecule has 26 heavy (non-hydrogen) atoms. The van der Waals surface area contributed by atoms with Crippen molar-refractivity contribution in [2.24, 2.45) is 5.41 Å². The monoisotopic (exact) mass is 375 g/mol. The van der Waals surface area contributed by atoms with Crippen LogP contribution in [0.1, 0.15) is 48.3 Å². The Morgan fingerprint density at radius 3 is 2.62 bits per heavy atom. The van der Waals surface area contributed by atoms with E-state index in [1.165, 1.54) is 5.56 Å². The number of aliphatic carboxylic acids is 1. The van der Waals surface area contributed by atoms with Gasteiger partial charge in [-0.3, -0.25) is 4.79 Å². The van der Waals surface area contributed by atoms with Gasteiger partial charge in [0.2, 0.25) is 0 Å². The number of carboxylic acid groups (broad SMARTS) is 1. The zero-order valence-electron chi connectivity index (χ0n) is 15.4. The first-order chi connectivity index (χ1) is 12.2. The van der Waals surface area contributed by atoms with Gasteiger partial charge in [-0.05, 0) is 54.4 Å². The van der Waals surface area contributed by atoms with Gasteiger partial charge in [-0.1, -0.05) is 32.0 Å². The Bertz CT molecular complexity index is 930. The molecule has 1 N–H and O–H groups in total. The quantitative estimate of drug-likeness (QED) is 0.788. The molecule has 1 aliphatic rings. The van der Waals surface area contributed by atoms with E-state index in [0.29, 0.717) is 11.3 Å². The van der Waals surface area contributed by atoms with Crippen LogP contribution in [0, 0.1) is 12.3 Å². The third-order valence-corrected chi connectivity index (χ3v) is 6.26. The number of carbonyl (C=O) groups is 1. The summed E-state index contributed by atoms with van der Waals surface area (Å²) in [4.78, 5) is 11.7. The number of benzene rings is 1. The molecule has 0 spiro atoms. The van der Waals surface area contributed by atoms with Crippen LogP contribution in [0.3, 0.4) is 0 Å². The number of rotatable bonds is 5. The summed E-state index contributed by atoms with van der Waals surface area (Å²) in [6.45, 7) is 6.31. The molecule has 2 aromatic rings. The van der Waals surface area contributed by atoms with E-state index >= 15 is 0 Å². The van der Waals surface area contributed by atoms with Crippen LogP contribution in [0.5, 0.6) is 0 Å². The average Bonchev–Trinajstić information content (AvgIpc) is 2.79. The van der Waals surface area contributed by atoms with Gasteiger partial charge in [0.1, 0.15) is 6.54 Å². The van der Waals surface area contributed by atoms with Crippen LogP contribution in [0.4, 0.5) is 0 Å². The second-order valence-corrected chi connectivity index (χ2v) is 8.87.